The fourth-order valence-corrected chi connectivity index (χ4v) is 6.14. The normalized spacial score (nSPS) is 34.6. The van der Waals surface area contributed by atoms with Gasteiger partial charge in [0, 0.05) is 39.4 Å². The van der Waals surface area contributed by atoms with Gasteiger partial charge in [-0.15, -0.1) is 0 Å². The highest BCUT2D eigenvalue weighted by Gasteiger charge is 2.57. The van der Waals surface area contributed by atoms with E-state index in [0.717, 1.165) is 32.3 Å². The number of hydrazine groups is 1. The fourth-order valence-electron chi connectivity index (χ4n) is 6.14. The zero-order chi connectivity index (χ0) is 31.2. The molecule has 0 aromatic carbocycles. The van der Waals surface area contributed by atoms with E-state index < -0.39 is 6.10 Å². The molecule has 0 saturated carbocycles. The highest BCUT2D eigenvalue weighted by Crippen LogP contribution is 2.48. The molecule has 3 aliphatic heterocycles. The smallest absolute Gasteiger partial charge is 0.303 e. The summed E-state index contributed by atoms with van der Waals surface area (Å²) in [5.41, 5.74) is 4.02. The summed E-state index contributed by atoms with van der Waals surface area (Å²) in [5, 5.41) is 4.54. The van der Waals surface area contributed by atoms with Crippen molar-refractivity contribution in [2.24, 2.45) is 17.8 Å². The van der Waals surface area contributed by atoms with Crippen LogP contribution in [-0.2, 0) is 33.3 Å². The van der Waals surface area contributed by atoms with Crippen LogP contribution in [0.5, 0.6) is 0 Å². The van der Waals surface area contributed by atoms with Crippen LogP contribution in [0, 0.1) is 17.8 Å². The first-order valence-electron chi connectivity index (χ1n) is 15.5. The Bertz CT molecular complexity index is 1010. The van der Waals surface area contributed by atoms with Crippen LogP contribution in [0.2, 0.25) is 0 Å². The van der Waals surface area contributed by atoms with Crippen LogP contribution in [0.15, 0.2) is 23.8 Å². The van der Waals surface area contributed by atoms with Crippen LogP contribution in [0.4, 0.5) is 0 Å². The standard InChI is InChI=1S/C32H53N3O7/c1-19(20(2)15-29-23(5)32(18-39-32)17-26(42-29)16-31(38)35(9)33-8)10-12-28-21(3)14-27(24(6)41-28)34-30(37)13-11-22(4)40-25(7)36/h10-11,13,20-24,26-29,33H,12,14-18H2,1-9H3,(H,34,37)/b13-11-,19-10+/t20?,21-,22-,23-,24+,26+,27+,28-,29+,32+/m0/s1. The van der Waals surface area contributed by atoms with Crippen molar-refractivity contribution >= 4 is 17.8 Å². The molecule has 0 aliphatic carbocycles. The van der Waals surface area contributed by atoms with Gasteiger partial charge in [0.25, 0.3) is 0 Å². The van der Waals surface area contributed by atoms with Crippen molar-refractivity contribution in [1.82, 2.24) is 15.8 Å². The van der Waals surface area contributed by atoms with Crippen molar-refractivity contribution in [1.29, 1.82) is 0 Å². The molecule has 238 valence electrons. The average Bonchev–Trinajstić information content (AvgIpc) is 3.70. The van der Waals surface area contributed by atoms with Gasteiger partial charge < -0.3 is 24.3 Å². The van der Waals surface area contributed by atoms with Crippen LogP contribution in [0.3, 0.4) is 0 Å². The lowest BCUT2D eigenvalue weighted by atomic mass is 9.78. The van der Waals surface area contributed by atoms with Crippen LogP contribution < -0.4 is 10.7 Å². The van der Waals surface area contributed by atoms with E-state index in [4.69, 9.17) is 18.9 Å². The summed E-state index contributed by atoms with van der Waals surface area (Å²) in [6, 6.07) is -0.0870. The van der Waals surface area contributed by atoms with E-state index in [1.54, 1.807) is 27.1 Å². The molecule has 1 spiro atoms. The molecule has 10 heteroatoms. The number of carbonyl (C=O) groups is 3. The monoisotopic (exact) mass is 591 g/mol. The maximum atomic E-state index is 12.5. The summed E-state index contributed by atoms with van der Waals surface area (Å²) in [6.07, 6.45) is 8.26. The largest absolute Gasteiger partial charge is 0.459 e. The highest BCUT2D eigenvalue weighted by molar-refractivity contribution is 5.87. The quantitative estimate of drug-likeness (QED) is 0.116. The SMILES string of the molecule is CNN(C)C(=O)C[C@@H]1C[C@@]2(CO2)[C@@H](C)[C@@H](CC(C)/C(C)=C/C[C@@H]2O[C@H](C)[C@H](NC(=O)/C=C\[C@H](C)OC(C)=O)C[C@@H]2C)O1. The molecule has 1 unspecified atom stereocenters. The topological polar surface area (TPSA) is 119 Å². The molecule has 2 N–H and O–H groups in total. The summed E-state index contributed by atoms with van der Waals surface area (Å²) in [5.74, 6) is 0.274. The lowest BCUT2D eigenvalue weighted by molar-refractivity contribution is -0.147. The van der Waals surface area contributed by atoms with E-state index in [0.29, 0.717) is 12.3 Å². The first-order valence-corrected chi connectivity index (χ1v) is 15.5. The maximum absolute atomic E-state index is 12.5. The molecule has 3 rings (SSSR count). The minimum Gasteiger partial charge on any atom is -0.459 e. The van der Waals surface area contributed by atoms with Crippen molar-refractivity contribution in [2.45, 2.75) is 123 Å². The summed E-state index contributed by atoms with van der Waals surface area (Å²) in [6.45, 7) is 14.6. The Kier molecular flexibility index (Phi) is 12.2. The van der Waals surface area contributed by atoms with Gasteiger partial charge in [-0.25, -0.2) is 5.43 Å². The minimum atomic E-state index is -0.457. The number of esters is 1. The van der Waals surface area contributed by atoms with Gasteiger partial charge in [0.05, 0.1) is 49.1 Å². The van der Waals surface area contributed by atoms with Gasteiger partial charge in [-0.3, -0.25) is 19.4 Å². The molecule has 0 bridgehead atoms. The summed E-state index contributed by atoms with van der Waals surface area (Å²) in [4.78, 5) is 36.0. The molecule has 3 aliphatic rings. The van der Waals surface area contributed by atoms with Gasteiger partial charge in [0.1, 0.15) is 6.10 Å². The Balaban J connectivity index is 1.51. The number of amides is 2. The Morgan fingerprint density at radius 1 is 1.12 bits per heavy atom. The molecule has 10 atom stereocenters. The summed E-state index contributed by atoms with van der Waals surface area (Å²) in [7, 11) is 3.46. The molecular weight excluding hydrogens is 538 g/mol. The second-order valence-electron chi connectivity index (χ2n) is 12.7. The van der Waals surface area contributed by atoms with E-state index in [2.05, 4.69) is 44.5 Å². The first kappa shape index (κ1) is 34.2. The molecule has 0 radical (unpaired) electrons. The van der Waals surface area contributed by atoms with Gasteiger partial charge in [0.15, 0.2) is 0 Å². The molecule has 3 saturated heterocycles. The molecule has 42 heavy (non-hydrogen) atoms. The summed E-state index contributed by atoms with van der Waals surface area (Å²) < 4.78 is 23.8. The lowest BCUT2D eigenvalue weighted by Crippen LogP contribution is -2.50. The van der Waals surface area contributed by atoms with Gasteiger partial charge >= 0.3 is 5.97 Å². The summed E-state index contributed by atoms with van der Waals surface area (Å²) >= 11 is 0. The third-order valence-electron chi connectivity index (χ3n) is 9.40. The zero-order valence-corrected chi connectivity index (χ0v) is 27.0. The second-order valence-corrected chi connectivity index (χ2v) is 12.7. The lowest BCUT2D eigenvalue weighted by Gasteiger charge is -2.41. The number of nitrogens with one attached hydrogen (secondary N) is 2. The van der Waals surface area contributed by atoms with E-state index in [9.17, 15) is 14.4 Å². The third kappa shape index (κ3) is 9.36. The fraction of sp³-hybridized carbons (Fsp3) is 0.781. The van der Waals surface area contributed by atoms with Crippen molar-refractivity contribution < 1.29 is 33.3 Å². The van der Waals surface area contributed by atoms with E-state index >= 15 is 0 Å². The Morgan fingerprint density at radius 2 is 1.81 bits per heavy atom. The van der Waals surface area contributed by atoms with E-state index in [1.807, 2.05) is 6.92 Å². The number of allylic oxidation sites excluding steroid dienone is 1. The van der Waals surface area contributed by atoms with Crippen LogP contribution in [0.1, 0.15) is 80.6 Å². The molecule has 0 aromatic heterocycles. The van der Waals surface area contributed by atoms with Crippen LogP contribution in [0.25, 0.3) is 0 Å². The molecule has 3 heterocycles. The first-order chi connectivity index (χ1) is 19.7. The maximum Gasteiger partial charge on any atom is 0.303 e. The van der Waals surface area contributed by atoms with E-state index in [1.165, 1.54) is 23.6 Å². The number of rotatable bonds is 12. The number of ether oxygens (including phenoxy) is 4. The highest BCUT2D eigenvalue weighted by atomic mass is 16.6. The Morgan fingerprint density at radius 3 is 2.43 bits per heavy atom. The van der Waals surface area contributed by atoms with Crippen molar-refractivity contribution in [3.63, 3.8) is 0 Å². The average molecular weight is 592 g/mol. The number of nitrogens with zero attached hydrogens (tertiary/aromatic N) is 1. The van der Waals surface area contributed by atoms with Crippen molar-refractivity contribution in [3.8, 4) is 0 Å². The predicted octanol–water partition coefficient (Wildman–Crippen LogP) is 3.70. The van der Waals surface area contributed by atoms with Gasteiger partial charge in [0.2, 0.25) is 11.8 Å². The van der Waals surface area contributed by atoms with Gasteiger partial charge in [-0.2, -0.15) is 0 Å². The number of hydrogen-bond acceptors (Lipinski definition) is 8. The van der Waals surface area contributed by atoms with Crippen molar-refractivity contribution in [2.75, 3.05) is 20.7 Å². The predicted molar refractivity (Wildman–Crippen MR) is 160 cm³/mol. The van der Waals surface area contributed by atoms with Gasteiger partial charge in [-0.1, -0.05) is 32.4 Å². The molecule has 2 amide bonds. The van der Waals surface area contributed by atoms with Crippen LogP contribution in [-0.4, -0.2) is 85.7 Å². The van der Waals surface area contributed by atoms with E-state index in [-0.39, 0.29) is 65.7 Å². The molecule has 3 fully saturated rings. The molecular formula is C32H53N3O7. The second kappa shape index (κ2) is 14.9. The van der Waals surface area contributed by atoms with Gasteiger partial charge in [-0.05, 0) is 57.9 Å². The number of carbonyl (C=O) groups excluding carboxylic acids is 3. The Hall–Kier alpha value is -2.27. The minimum absolute atomic E-state index is 0.0127. The van der Waals surface area contributed by atoms with Crippen molar-refractivity contribution in [3.05, 3.63) is 23.8 Å². The Labute approximate surface area is 251 Å². The number of hydrogen-bond donors (Lipinski definition) is 2. The zero-order valence-electron chi connectivity index (χ0n) is 27.0. The molecule has 10 nitrogen and oxygen atoms in total. The van der Waals surface area contributed by atoms with Crippen LogP contribution >= 0.6 is 0 Å². The molecule has 0 aromatic rings. The number of epoxide rings is 1. The third-order valence-corrected chi connectivity index (χ3v) is 9.40.